The summed E-state index contributed by atoms with van der Waals surface area (Å²) in [5.74, 6) is -0.346. The number of carbonyl (C=O) groups is 2. The Bertz CT molecular complexity index is 418. The smallest absolute Gasteiger partial charge is 0.309 e. The summed E-state index contributed by atoms with van der Waals surface area (Å²) in [5.41, 5.74) is 0. The number of aliphatic carboxylic acids is 1. The normalized spacial score (nSPS) is 22.8. The van der Waals surface area contributed by atoms with E-state index in [0.29, 0.717) is 24.7 Å². The SMILES string of the molecule is CCCCC(CC)CC(CCC(C)C)OC(=O)C1CCCC(C(=O)O)C1. The molecule has 0 heterocycles. The zero-order valence-electron chi connectivity index (χ0n) is 17.3. The summed E-state index contributed by atoms with van der Waals surface area (Å²) >= 11 is 0. The predicted molar refractivity (Wildman–Crippen MR) is 105 cm³/mol. The van der Waals surface area contributed by atoms with Gasteiger partial charge in [0.2, 0.25) is 0 Å². The molecule has 0 radical (unpaired) electrons. The molecule has 4 atom stereocenters. The lowest BCUT2D eigenvalue weighted by atomic mass is 9.81. The van der Waals surface area contributed by atoms with Crippen molar-refractivity contribution in [3.8, 4) is 0 Å². The van der Waals surface area contributed by atoms with Crippen molar-refractivity contribution in [2.24, 2.45) is 23.7 Å². The van der Waals surface area contributed by atoms with Gasteiger partial charge in [-0.1, -0.05) is 59.8 Å². The lowest BCUT2D eigenvalue weighted by molar-refractivity contribution is -0.158. The van der Waals surface area contributed by atoms with Crippen LogP contribution < -0.4 is 0 Å². The van der Waals surface area contributed by atoms with Crippen LogP contribution in [0.1, 0.15) is 98.3 Å². The van der Waals surface area contributed by atoms with Crippen molar-refractivity contribution in [2.75, 3.05) is 0 Å². The quantitative estimate of drug-likeness (QED) is 0.440. The van der Waals surface area contributed by atoms with E-state index in [1.165, 1.54) is 19.3 Å². The van der Waals surface area contributed by atoms with Gasteiger partial charge in [0, 0.05) is 0 Å². The van der Waals surface area contributed by atoms with Gasteiger partial charge in [0.25, 0.3) is 0 Å². The van der Waals surface area contributed by atoms with Crippen LogP contribution in [-0.4, -0.2) is 23.1 Å². The Balaban J connectivity index is 2.64. The third-order valence-corrected chi connectivity index (χ3v) is 5.85. The summed E-state index contributed by atoms with van der Waals surface area (Å²) in [7, 11) is 0. The minimum absolute atomic E-state index is 0.0167. The molecule has 0 aromatic heterocycles. The third kappa shape index (κ3) is 8.55. The molecule has 1 N–H and O–H groups in total. The highest BCUT2D eigenvalue weighted by atomic mass is 16.5. The Morgan fingerprint density at radius 3 is 2.35 bits per heavy atom. The van der Waals surface area contributed by atoms with Gasteiger partial charge in [0.1, 0.15) is 6.10 Å². The number of ether oxygens (including phenoxy) is 1. The van der Waals surface area contributed by atoms with E-state index in [0.717, 1.165) is 38.5 Å². The van der Waals surface area contributed by atoms with Gasteiger partial charge in [-0.2, -0.15) is 0 Å². The van der Waals surface area contributed by atoms with E-state index in [4.69, 9.17) is 4.74 Å². The standard InChI is InChI=1S/C22H40O4/c1-5-7-9-17(6-2)14-20(13-12-16(3)4)26-22(25)19-11-8-10-18(15-19)21(23)24/h16-20H,5-15H2,1-4H3,(H,23,24). The number of hydrogen-bond donors (Lipinski definition) is 1. The first-order valence-corrected chi connectivity index (χ1v) is 10.8. The molecule has 152 valence electrons. The van der Waals surface area contributed by atoms with Crippen molar-refractivity contribution in [1.29, 1.82) is 0 Å². The van der Waals surface area contributed by atoms with E-state index in [2.05, 4.69) is 27.7 Å². The molecule has 4 heteroatoms. The topological polar surface area (TPSA) is 63.6 Å². The Morgan fingerprint density at radius 2 is 1.77 bits per heavy atom. The highest BCUT2D eigenvalue weighted by Crippen LogP contribution is 2.31. The average molecular weight is 369 g/mol. The fourth-order valence-corrected chi connectivity index (χ4v) is 3.99. The van der Waals surface area contributed by atoms with Crippen molar-refractivity contribution in [3.63, 3.8) is 0 Å². The molecule has 0 spiro atoms. The van der Waals surface area contributed by atoms with Crippen molar-refractivity contribution in [1.82, 2.24) is 0 Å². The maximum absolute atomic E-state index is 12.7. The lowest BCUT2D eigenvalue weighted by Crippen LogP contribution is -2.31. The zero-order valence-corrected chi connectivity index (χ0v) is 17.3. The maximum atomic E-state index is 12.7. The molecule has 0 amide bonds. The summed E-state index contributed by atoms with van der Waals surface area (Å²) in [6, 6.07) is 0. The van der Waals surface area contributed by atoms with Crippen molar-refractivity contribution in [3.05, 3.63) is 0 Å². The molecule has 0 saturated heterocycles. The fourth-order valence-electron chi connectivity index (χ4n) is 3.99. The first-order valence-electron chi connectivity index (χ1n) is 10.8. The highest BCUT2D eigenvalue weighted by molar-refractivity contribution is 5.75. The van der Waals surface area contributed by atoms with Gasteiger partial charge in [-0.25, -0.2) is 0 Å². The number of carboxylic acids is 1. The number of carbonyl (C=O) groups excluding carboxylic acids is 1. The summed E-state index contributed by atoms with van der Waals surface area (Å²) in [6.45, 7) is 8.84. The van der Waals surface area contributed by atoms with E-state index >= 15 is 0 Å². The van der Waals surface area contributed by atoms with Gasteiger partial charge in [-0.3, -0.25) is 9.59 Å². The lowest BCUT2D eigenvalue weighted by Gasteiger charge is -2.29. The summed E-state index contributed by atoms with van der Waals surface area (Å²) in [5, 5.41) is 9.25. The van der Waals surface area contributed by atoms with E-state index in [1.807, 2.05) is 0 Å². The summed E-state index contributed by atoms with van der Waals surface area (Å²) in [6.07, 6.45) is 10.4. The van der Waals surface area contributed by atoms with Crippen LogP contribution in [0.3, 0.4) is 0 Å². The number of carboxylic acid groups (broad SMARTS) is 1. The molecule has 1 aliphatic carbocycles. The molecule has 1 rings (SSSR count). The monoisotopic (exact) mass is 368 g/mol. The van der Waals surface area contributed by atoms with Crippen LogP contribution in [-0.2, 0) is 14.3 Å². The Labute approximate surface area is 160 Å². The number of esters is 1. The van der Waals surface area contributed by atoms with Crippen LogP contribution in [0.25, 0.3) is 0 Å². The molecule has 1 fully saturated rings. The molecular weight excluding hydrogens is 328 g/mol. The van der Waals surface area contributed by atoms with Crippen LogP contribution in [0, 0.1) is 23.7 Å². The van der Waals surface area contributed by atoms with Crippen LogP contribution in [0.5, 0.6) is 0 Å². The van der Waals surface area contributed by atoms with Crippen LogP contribution >= 0.6 is 0 Å². The molecule has 0 bridgehead atoms. The minimum atomic E-state index is -0.774. The molecular formula is C22H40O4. The Kier molecular flexibility index (Phi) is 10.9. The highest BCUT2D eigenvalue weighted by Gasteiger charge is 2.33. The van der Waals surface area contributed by atoms with E-state index in [-0.39, 0.29) is 23.9 Å². The summed E-state index contributed by atoms with van der Waals surface area (Å²) in [4.78, 5) is 23.9. The second kappa shape index (κ2) is 12.3. The molecule has 4 nitrogen and oxygen atoms in total. The van der Waals surface area contributed by atoms with E-state index in [1.54, 1.807) is 0 Å². The van der Waals surface area contributed by atoms with Crippen LogP contribution in [0.2, 0.25) is 0 Å². The molecule has 26 heavy (non-hydrogen) atoms. The average Bonchev–Trinajstić information content (AvgIpc) is 2.62. The molecule has 1 aliphatic rings. The van der Waals surface area contributed by atoms with Gasteiger partial charge in [-0.15, -0.1) is 0 Å². The second-order valence-electron chi connectivity index (χ2n) is 8.58. The number of unbranched alkanes of at least 4 members (excludes halogenated alkanes) is 1. The zero-order chi connectivity index (χ0) is 19.5. The summed E-state index contributed by atoms with van der Waals surface area (Å²) < 4.78 is 5.95. The largest absolute Gasteiger partial charge is 0.481 e. The molecule has 0 aromatic rings. The van der Waals surface area contributed by atoms with E-state index in [9.17, 15) is 14.7 Å². The van der Waals surface area contributed by atoms with Gasteiger partial charge in [-0.05, 0) is 50.4 Å². The van der Waals surface area contributed by atoms with Crippen molar-refractivity contribution >= 4 is 11.9 Å². The first-order chi connectivity index (χ1) is 12.4. The van der Waals surface area contributed by atoms with Gasteiger partial charge < -0.3 is 9.84 Å². The molecule has 4 unspecified atom stereocenters. The van der Waals surface area contributed by atoms with E-state index < -0.39 is 5.97 Å². The maximum Gasteiger partial charge on any atom is 0.309 e. The Hall–Kier alpha value is -1.06. The first kappa shape index (κ1) is 23.0. The van der Waals surface area contributed by atoms with Crippen molar-refractivity contribution < 1.29 is 19.4 Å². The molecule has 0 aromatic carbocycles. The van der Waals surface area contributed by atoms with Crippen LogP contribution in [0.15, 0.2) is 0 Å². The minimum Gasteiger partial charge on any atom is -0.481 e. The number of rotatable bonds is 12. The van der Waals surface area contributed by atoms with Gasteiger partial charge in [0.15, 0.2) is 0 Å². The van der Waals surface area contributed by atoms with Crippen molar-refractivity contribution in [2.45, 2.75) is 104 Å². The molecule has 0 aliphatic heterocycles. The predicted octanol–water partition coefficient (Wildman–Crippen LogP) is 5.83. The van der Waals surface area contributed by atoms with Gasteiger partial charge in [0.05, 0.1) is 11.8 Å². The Morgan fingerprint density at radius 1 is 1.08 bits per heavy atom. The van der Waals surface area contributed by atoms with Crippen LogP contribution in [0.4, 0.5) is 0 Å². The number of hydrogen-bond acceptors (Lipinski definition) is 3. The van der Waals surface area contributed by atoms with Gasteiger partial charge >= 0.3 is 11.9 Å². The third-order valence-electron chi connectivity index (χ3n) is 5.85. The fraction of sp³-hybridized carbons (Fsp3) is 0.909. The molecule has 1 saturated carbocycles. The second-order valence-corrected chi connectivity index (χ2v) is 8.58.